The Kier molecular flexibility index (Phi) is 9.74. The molecule has 9 nitrogen and oxygen atoms in total. The highest BCUT2D eigenvalue weighted by molar-refractivity contribution is 6.32. The van der Waals surface area contributed by atoms with Crippen molar-refractivity contribution in [1.29, 1.82) is 0 Å². The number of nitrogens with one attached hydrogen (secondary N) is 2. The first-order valence-corrected chi connectivity index (χ1v) is 10.4. The van der Waals surface area contributed by atoms with Gasteiger partial charge in [0.15, 0.2) is 6.10 Å². The second kappa shape index (κ2) is 12.5. The van der Waals surface area contributed by atoms with Crippen LogP contribution in [-0.4, -0.2) is 43.8 Å². The van der Waals surface area contributed by atoms with E-state index in [0.717, 1.165) is 6.07 Å². The van der Waals surface area contributed by atoms with Gasteiger partial charge in [-0.3, -0.25) is 4.79 Å². The van der Waals surface area contributed by atoms with Crippen molar-refractivity contribution in [2.24, 2.45) is 0 Å². The molecule has 0 fully saturated rings. The molecular formula is C22H24ClFN2O7. The molecule has 0 saturated heterocycles. The fourth-order valence-electron chi connectivity index (χ4n) is 2.46. The molecule has 0 heterocycles. The summed E-state index contributed by atoms with van der Waals surface area (Å²) >= 11 is 6.06. The van der Waals surface area contributed by atoms with Gasteiger partial charge in [0.05, 0.1) is 23.9 Å². The van der Waals surface area contributed by atoms with Crippen molar-refractivity contribution in [1.82, 2.24) is 5.32 Å². The molecule has 2 aromatic rings. The molecule has 2 amide bonds. The molecule has 2 rings (SSSR count). The Morgan fingerprint density at radius 2 is 1.67 bits per heavy atom. The average molecular weight is 483 g/mol. The topological polar surface area (TPSA) is 112 Å². The number of benzene rings is 2. The number of carbonyl (C=O) groups excluding carboxylic acids is 3. The number of carbonyl (C=O) groups is 3. The monoisotopic (exact) mass is 482 g/mol. The first-order valence-electron chi connectivity index (χ1n) is 10.0. The van der Waals surface area contributed by atoms with E-state index in [4.69, 9.17) is 30.5 Å². The molecule has 0 saturated carbocycles. The van der Waals surface area contributed by atoms with Crippen molar-refractivity contribution < 1.29 is 37.7 Å². The van der Waals surface area contributed by atoms with Crippen molar-refractivity contribution in [2.45, 2.75) is 26.9 Å². The lowest BCUT2D eigenvalue weighted by Crippen LogP contribution is -2.34. The van der Waals surface area contributed by atoms with Gasteiger partial charge in [0, 0.05) is 6.07 Å². The summed E-state index contributed by atoms with van der Waals surface area (Å²) in [4.78, 5) is 34.9. The molecule has 2 aromatic carbocycles. The fraction of sp³-hybridized carbons (Fsp3) is 0.318. The lowest BCUT2D eigenvalue weighted by atomic mass is 10.2. The minimum Gasteiger partial charge on any atom is -0.479 e. The van der Waals surface area contributed by atoms with E-state index in [1.165, 1.54) is 6.07 Å². The van der Waals surface area contributed by atoms with Crippen LogP contribution >= 0.6 is 11.6 Å². The number of hydrogen-bond acceptors (Lipinski definition) is 7. The van der Waals surface area contributed by atoms with Crippen LogP contribution < -0.4 is 20.1 Å². The van der Waals surface area contributed by atoms with Crippen LogP contribution in [-0.2, 0) is 19.1 Å². The Hall–Kier alpha value is -3.53. The van der Waals surface area contributed by atoms with Crippen molar-refractivity contribution in [3.8, 4) is 17.2 Å². The van der Waals surface area contributed by atoms with Crippen molar-refractivity contribution >= 4 is 35.3 Å². The molecule has 0 radical (unpaired) electrons. The van der Waals surface area contributed by atoms with E-state index in [-0.39, 0.29) is 36.2 Å². The molecule has 11 heteroatoms. The van der Waals surface area contributed by atoms with E-state index in [9.17, 15) is 18.8 Å². The molecule has 0 aliphatic heterocycles. The fourth-order valence-corrected chi connectivity index (χ4v) is 2.65. The van der Waals surface area contributed by atoms with Gasteiger partial charge >= 0.3 is 18.0 Å². The Labute approximate surface area is 195 Å². The standard InChI is InChI=1S/C22H24ClFN2O7/c1-4-30-20(27)12-25-22(29)26-18-11-19(16(23)10-17(18)24)33-15-8-6-14(7-9-15)32-13(3)21(28)31-5-2/h6-11,13H,4-5,12H2,1-3H3,(H2,25,26,29). The van der Waals surface area contributed by atoms with Gasteiger partial charge in [0.2, 0.25) is 0 Å². The van der Waals surface area contributed by atoms with E-state index in [2.05, 4.69) is 10.6 Å². The molecule has 0 bridgehead atoms. The van der Waals surface area contributed by atoms with Crippen LogP contribution in [0.2, 0.25) is 5.02 Å². The number of hydrogen-bond donors (Lipinski definition) is 2. The number of urea groups is 1. The van der Waals surface area contributed by atoms with E-state index < -0.39 is 29.9 Å². The van der Waals surface area contributed by atoms with Crippen LogP contribution in [0.4, 0.5) is 14.9 Å². The molecule has 0 aromatic heterocycles. The average Bonchev–Trinajstić information content (AvgIpc) is 2.77. The summed E-state index contributed by atoms with van der Waals surface area (Å²) < 4.78 is 35.0. The van der Waals surface area contributed by atoms with Crippen LogP contribution in [0.3, 0.4) is 0 Å². The Morgan fingerprint density at radius 1 is 1.03 bits per heavy atom. The van der Waals surface area contributed by atoms with Gasteiger partial charge in [-0.2, -0.15) is 0 Å². The third-order valence-corrected chi connectivity index (χ3v) is 4.25. The maximum atomic E-state index is 14.2. The molecule has 1 atom stereocenters. The highest BCUT2D eigenvalue weighted by Crippen LogP contribution is 2.34. The van der Waals surface area contributed by atoms with E-state index in [1.807, 2.05) is 0 Å². The predicted octanol–water partition coefficient (Wildman–Crippen LogP) is 4.29. The Bertz CT molecular complexity index is 985. The van der Waals surface area contributed by atoms with Gasteiger partial charge in [0.25, 0.3) is 0 Å². The number of esters is 2. The van der Waals surface area contributed by atoms with Gasteiger partial charge in [-0.15, -0.1) is 0 Å². The summed E-state index contributed by atoms with van der Waals surface area (Å²) in [5.41, 5.74) is -0.209. The zero-order valence-corrected chi connectivity index (χ0v) is 19.0. The van der Waals surface area contributed by atoms with Gasteiger partial charge in [-0.05, 0) is 51.1 Å². The molecule has 0 aliphatic rings. The minimum atomic E-state index is -0.813. The first kappa shape index (κ1) is 25.7. The van der Waals surface area contributed by atoms with E-state index in [0.29, 0.717) is 11.5 Å². The highest BCUT2D eigenvalue weighted by Gasteiger charge is 2.16. The molecular weight excluding hydrogens is 459 g/mol. The number of ether oxygens (including phenoxy) is 4. The molecule has 0 spiro atoms. The van der Waals surface area contributed by atoms with Gasteiger partial charge in [-0.25, -0.2) is 14.0 Å². The van der Waals surface area contributed by atoms with Crippen LogP contribution in [0.5, 0.6) is 17.2 Å². The van der Waals surface area contributed by atoms with Crippen LogP contribution in [0.25, 0.3) is 0 Å². The maximum Gasteiger partial charge on any atom is 0.347 e. The van der Waals surface area contributed by atoms with Gasteiger partial charge < -0.3 is 29.6 Å². The van der Waals surface area contributed by atoms with Gasteiger partial charge in [0.1, 0.15) is 29.6 Å². The summed E-state index contributed by atoms with van der Waals surface area (Å²) in [6.45, 7) is 4.95. The van der Waals surface area contributed by atoms with E-state index >= 15 is 0 Å². The number of amides is 2. The number of anilines is 1. The summed E-state index contributed by atoms with van der Waals surface area (Å²) in [6.07, 6.45) is -0.785. The quantitative estimate of drug-likeness (QED) is 0.486. The molecule has 2 N–H and O–H groups in total. The lowest BCUT2D eigenvalue weighted by molar-refractivity contribution is -0.150. The van der Waals surface area contributed by atoms with Crippen molar-refractivity contribution in [3.63, 3.8) is 0 Å². The van der Waals surface area contributed by atoms with E-state index in [1.54, 1.807) is 45.0 Å². The summed E-state index contributed by atoms with van der Waals surface area (Å²) in [5.74, 6) is -1.08. The normalized spacial score (nSPS) is 11.2. The molecule has 178 valence electrons. The first-order chi connectivity index (χ1) is 15.7. The minimum absolute atomic E-state index is 0.0266. The SMILES string of the molecule is CCOC(=O)CNC(=O)Nc1cc(Oc2ccc(OC(C)C(=O)OCC)cc2)c(Cl)cc1F. The molecule has 1 unspecified atom stereocenters. The largest absolute Gasteiger partial charge is 0.479 e. The van der Waals surface area contributed by atoms with Crippen LogP contribution in [0.15, 0.2) is 36.4 Å². The van der Waals surface area contributed by atoms with Crippen molar-refractivity contribution in [3.05, 3.63) is 47.2 Å². The van der Waals surface area contributed by atoms with Crippen LogP contribution in [0.1, 0.15) is 20.8 Å². The number of rotatable bonds is 10. The maximum absolute atomic E-state index is 14.2. The zero-order valence-electron chi connectivity index (χ0n) is 18.3. The Balaban J connectivity index is 2.03. The zero-order chi connectivity index (χ0) is 24.4. The van der Waals surface area contributed by atoms with Gasteiger partial charge in [-0.1, -0.05) is 11.6 Å². The number of halogens is 2. The molecule has 0 aliphatic carbocycles. The predicted molar refractivity (Wildman–Crippen MR) is 118 cm³/mol. The second-order valence-electron chi connectivity index (χ2n) is 6.46. The smallest absolute Gasteiger partial charge is 0.347 e. The second-order valence-corrected chi connectivity index (χ2v) is 6.87. The third kappa shape index (κ3) is 8.15. The Morgan fingerprint density at radius 3 is 2.30 bits per heavy atom. The summed E-state index contributed by atoms with van der Waals surface area (Å²) in [7, 11) is 0. The molecule has 33 heavy (non-hydrogen) atoms. The summed E-state index contributed by atoms with van der Waals surface area (Å²) in [5, 5.41) is 4.50. The van der Waals surface area contributed by atoms with Crippen molar-refractivity contribution in [2.75, 3.05) is 25.1 Å². The van der Waals surface area contributed by atoms with Crippen LogP contribution in [0, 0.1) is 5.82 Å². The highest BCUT2D eigenvalue weighted by atomic mass is 35.5. The lowest BCUT2D eigenvalue weighted by Gasteiger charge is -2.14. The third-order valence-electron chi connectivity index (χ3n) is 3.95. The summed E-state index contributed by atoms with van der Waals surface area (Å²) in [6, 6.07) is 7.64.